The predicted octanol–water partition coefficient (Wildman–Crippen LogP) is 4.63. The first-order valence-corrected chi connectivity index (χ1v) is 9.10. The number of nitrogens with zero attached hydrogens (tertiary/aromatic N) is 2. The summed E-state index contributed by atoms with van der Waals surface area (Å²) in [5, 5.41) is 4.64. The lowest BCUT2D eigenvalue weighted by Gasteiger charge is -2.12. The van der Waals surface area contributed by atoms with E-state index in [-0.39, 0.29) is 5.56 Å². The highest BCUT2D eigenvalue weighted by atomic mass is 16.5. The number of aromatic nitrogens is 2. The molecule has 0 unspecified atom stereocenters. The van der Waals surface area contributed by atoms with E-state index in [0.717, 1.165) is 28.1 Å². The van der Waals surface area contributed by atoms with Crippen LogP contribution >= 0.6 is 0 Å². The van der Waals surface area contributed by atoms with Crippen LogP contribution in [-0.4, -0.2) is 16.9 Å². The third-order valence-electron chi connectivity index (χ3n) is 4.62. The number of rotatable bonds is 5. The van der Waals surface area contributed by atoms with Gasteiger partial charge in [-0.05, 0) is 29.3 Å². The van der Waals surface area contributed by atoms with Crippen LogP contribution in [0.25, 0.3) is 22.4 Å². The first-order chi connectivity index (χ1) is 13.7. The maximum atomic E-state index is 13.2. The molecule has 4 heteroatoms. The van der Waals surface area contributed by atoms with E-state index in [1.807, 2.05) is 91.0 Å². The van der Waals surface area contributed by atoms with Crippen LogP contribution in [0.3, 0.4) is 0 Å². The van der Waals surface area contributed by atoms with Crippen molar-refractivity contribution < 1.29 is 4.74 Å². The fraction of sp³-hybridized carbons (Fsp3) is 0.0833. The second kappa shape index (κ2) is 7.92. The number of hydrogen-bond donors (Lipinski definition) is 0. The van der Waals surface area contributed by atoms with Gasteiger partial charge in [0.1, 0.15) is 5.75 Å². The smallest absolute Gasteiger partial charge is 0.274 e. The molecule has 4 aromatic rings. The zero-order chi connectivity index (χ0) is 19.3. The minimum absolute atomic E-state index is 0.117. The molecule has 0 spiro atoms. The molecule has 0 saturated carbocycles. The summed E-state index contributed by atoms with van der Waals surface area (Å²) < 4.78 is 6.77. The van der Waals surface area contributed by atoms with E-state index in [1.54, 1.807) is 7.11 Å². The SMILES string of the molecule is COc1ccc(-c2cc(-c3ccccc3)nn(Cc3ccccc3)c2=O)cc1. The van der Waals surface area contributed by atoms with Crippen LogP contribution in [0.4, 0.5) is 0 Å². The summed E-state index contributed by atoms with van der Waals surface area (Å²) in [6.07, 6.45) is 0. The molecular formula is C24H20N2O2. The Hall–Kier alpha value is -3.66. The Balaban J connectivity index is 1.86. The van der Waals surface area contributed by atoms with Crippen molar-refractivity contribution in [3.05, 3.63) is 107 Å². The monoisotopic (exact) mass is 368 g/mol. The largest absolute Gasteiger partial charge is 0.497 e. The highest BCUT2D eigenvalue weighted by Crippen LogP contribution is 2.24. The minimum Gasteiger partial charge on any atom is -0.497 e. The van der Waals surface area contributed by atoms with E-state index in [4.69, 9.17) is 4.74 Å². The van der Waals surface area contributed by atoms with Crippen molar-refractivity contribution in [2.45, 2.75) is 6.54 Å². The molecule has 3 aromatic carbocycles. The van der Waals surface area contributed by atoms with Crippen molar-refractivity contribution in [3.63, 3.8) is 0 Å². The van der Waals surface area contributed by atoms with Crippen LogP contribution < -0.4 is 10.3 Å². The van der Waals surface area contributed by atoms with Gasteiger partial charge >= 0.3 is 0 Å². The van der Waals surface area contributed by atoms with Crippen molar-refractivity contribution in [1.29, 1.82) is 0 Å². The molecule has 138 valence electrons. The molecule has 0 bridgehead atoms. The van der Waals surface area contributed by atoms with Gasteiger partial charge < -0.3 is 4.74 Å². The molecule has 0 N–H and O–H groups in total. The summed E-state index contributed by atoms with van der Waals surface area (Å²) in [6, 6.07) is 29.2. The van der Waals surface area contributed by atoms with Gasteiger partial charge in [0.15, 0.2) is 0 Å². The van der Waals surface area contributed by atoms with Crippen molar-refractivity contribution in [3.8, 4) is 28.1 Å². The zero-order valence-electron chi connectivity index (χ0n) is 15.6. The second-order valence-electron chi connectivity index (χ2n) is 6.49. The van der Waals surface area contributed by atoms with Crippen LogP contribution in [0.1, 0.15) is 5.56 Å². The van der Waals surface area contributed by atoms with E-state index < -0.39 is 0 Å². The second-order valence-corrected chi connectivity index (χ2v) is 6.49. The standard InChI is InChI=1S/C24H20N2O2/c1-28-21-14-12-19(13-15-21)22-16-23(20-10-6-3-7-11-20)25-26(24(22)27)17-18-8-4-2-5-9-18/h2-16H,17H2,1H3. The van der Waals surface area contributed by atoms with Gasteiger partial charge in [-0.15, -0.1) is 0 Å². The third-order valence-corrected chi connectivity index (χ3v) is 4.62. The molecule has 1 aromatic heterocycles. The number of ether oxygens (including phenoxy) is 1. The summed E-state index contributed by atoms with van der Waals surface area (Å²) in [6.45, 7) is 0.420. The van der Waals surface area contributed by atoms with E-state index in [2.05, 4.69) is 5.10 Å². The molecule has 0 saturated heterocycles. The average Bonchev–Trinajstić information content (AvgIpc) is 2.76. The summed E-state index contributed by atoms with van der Waals surface area (Å²) in [7, 11) is 1.63. The lowest BCUT2D eigenvalue weighted by molar-refractivity contribution is 0.415. The third kappa shape index (κ3) is 3.71. The maximum absolute atomic E-state index is 13.2. The molecule has 0 radical (unpaired) electrons. The van der Waals surface area contributed by atoms with Crippen LogP contribution in [0.2, 0.25) is 0 Å². The summed E-state index contributed by atoms with van der Waals surface area (Å²) in [4.78, 5) is 13.2. The highest BCUT2D eigenvalue weighted by Gasteiger charge is 2.12. The molecule has 28 heavy (non-hydrogen) atoms. The maximum Gasteiger partial charge on any atom is 0.274 e. The lowest BCUT2D eigenvalue weighted by atomic mass is 10.0. The normalized spacial score (nSPS) is 10.6. The molecular weight excluding hydrogens is 348 g/mol. The summed E-state index contributed by atoms with van der Waals surface area (Å²) in [5.74, 6) is 0.755. The van der Waals surface area contributed by atoms with Gasteiger partial charge in [-0.1, -0.05) is 72.8 Å². The van der Waals surface area contributed by atoms with Crippen LogP contribution in [-0.2, 0) is 6.54 Å². The van der Waals surface area contributed by atoms with Crippen molar-refractivity contribution in [2.75, 3.05) is 7.11 Å². The van der Waals surface area contributed by atoms with Gasteiger partial charge in [0.05, 0.1) is 24.9 Å². The van der Waals surface area contributed by atoms with E-state index in [1.165, 1.54) is 4.68 Å². The van der Waals surface area contributed by atoms with Crippen LogP contribution in [0.15, 0.2) is 95.8 Å². The van der Waals surface area contributed by atoms with Gasteiger partial charge in [-0.2, -0.15) is 5.10 Å². The first kappa shape index (κ1) is 17.7. The molecule has 0 aliphatic carbocycles. The van der Waals surface area contributed by atoms with Gasteiger partial charge in [0.2, 0.25) is 0 Å². The zero-order valence-corrected chi connectivity index (χ0v) is 15.6. The number of benzene rings is 3. The van der Waals surface area contributed by atoms with Gasteiger partial charge in [0, 0.05) is 5.56 Å². The van der Waals surface area contributed by atoms with Crippen LogP contribution in [0, 0.1) is 0 Å². The fourth-order valence-electron chi connectivity index (χ4n) is 3.13. The number of methoxy groups -OCH3 is 1. The molecule has 0 amide bonds. The topological polar surface area (TPSA) is 44.1 Å². The predicted molar refractivity (Wildman–Crippen MR) is 111 cm³/mol. The fourth-order valence-corrected chi connectivity index (χ4v) is 3.13. The lowest BCUT2D eigenvalue weighted by Crippen LogP contribution is -2.25. The molecule has 0 aliphatic heterocycles. The molecule has 1 heterocycles. The van der Waals surface area contributed by atoms with Crippen LogP contribution in [0.5, 0.6) is 5.75 Å². The molecule has 4 rings (SSSR count). The Bertz CT molecular complexity index is 1120. The van der Waals surface area contributed by atoms with E-state index >= 15 is 0 Å². The Labute approximate surface area is 163 Å². The van der Waals surface area contributed by atoms with Crippen molar-refractivity contribution in [2.24, 2.45) is 0 Å². The Kier molecular flexibility index (Phi) is 5.02. The Morgan fingerprint density at radius 2 is 1.46 bits per heavy atom. The summed E-state index contributed by atoms with van der Waals surface area (Å²) >= 11 is 0. The Morgan fingerprint density at radius 1 is 0.821 bits per heavy atom. The number of hydrogen-bond acceptors (Lipinski definition) is 3. The molecule has 4 nitrogen and oxygen atoms in total. The van der Waals surface area contributed by atoms with E-state index in [9.17, 15) is 4.79 Å². The average molecular weight is 368 g/mol. The molecule has 0 aliphatic rings. The van der Waals surface area contributed by atoms with Gasteiger partial charge in [0.25, 0.3) is 5.56 Å². The first-order valence-electron chi connectivity index (χ1n) is 9.10. The van der Waals surface area contributed by atoms with Gasteiger partial charge in [-0.3, -0.25) is 4.79 Å². The van der Waals surface area contributed by atoms with Gasteiger partial charge in [-0.25, -0.2) is 4.68 Å². The summed E-state index contributed by atoms with van der Waals surface area (Å²) in [5.41, 5.74) is 4.11. The van der Waals surface area contributed by atoms with E-state index in [0.29, 0.717) is 12.1 Å². The van der Waals surface area contributed by atoms with Crippen molar-refractivity contribution in [1.82, 2.24) is 9.78 Å². The molecule has 0 atom stereocenters. The van der Waals surface area contributed by atoms with Crippen molar-refractivity contribution >= 4 is 0 Å². The minimum atomic E-state index is -0.117. The quantitative estimate of drug-likeness (QED) is 0.516. The Morgan fingerprint density at radius 3 is 2.11 bits per heavy atom. The highest BCUT2D eigenvalue weighted by molar-refractivity contribution is 5.69. The molecule has 0 fully saturated rings.